The summed E-state index contributed by atoms with van der Waals surface area (Å²) < 4.78 is 91.3. The Morgan fingerprint density at radius 1 is 0.864 bits per heavy atom. The molecule has 0 radical (unpaired) electrons. The van der Waals surface area contributed by atoms with Crippen LogP contribution in [-0.4, -0.2) is 28.6 Å². The molecule has 0 spiro atoms. The molecule has 1 aromatic carbocycles. The van der Waals surface area contributed by atoms with E-state index in [4.69, 9.17) is 34.2 Å². The third-order valence-electron chi connectivity index (χ3n) is 5.75. The topological polar surface area (TPSA) is 163 Å². The molecular weight excluding hydrogens is 709 g/mol. The van der Waals surface area contributed by atoms with Gasteiger partial charge in [-0.2, -0.15) is 36.7 Å². The minimum atomic E-state index is -5.25. The summed E-state index contributed by atoms with van der Waals surface area (Å²) in [6, 6.07) is 2.19. The standard InChI is InChI=1S/C12H4Cl2F6N4OS.C10H6N2O4S2/c13-5-1-4(11(15,16)17)2-6(14)8(5)24-10(22)9(7(3-21)23-24)26(25)12(18,19)20;1-11-7(13)3-4(8(11)14)18-6-5(17-3)9(15)12(2)10(6)16/h1-2H,22H2;1-2H3. The van der Waals surface area contributed by atoms with Crippen molar-refractivity contribution >= 4 is 81.3 Å². The van der Waals surface area contributed by atoms with Gasteiger partial charge in [0.1, 0.15) is 41.3 Å². The van der Waals surface area contributed by atoms with Crippen molar-refractivity contribution in [1.29, 1.82) is 5.26 Å². The van der Waals surface area contributed by atoms with Crippen molar-refractivity contribution < 1.29 is 30.6 Å². The normalized spacial score (nSPS) is 12.8. The Bertz CT molecular complexity index is 2120. The second-order valence-electron chi connectivity index (χ2n) is 8.45. The van der Waals surface area contributed by atoms with Crippen LogP contribution in [0, 0.1) is 11.3 Å². The highest BCUT2D eigenvalue weighted by Gasteiger charge is 2.43. The summed E-state index contributed by atoms with van der Waals surface area (Å²) in [6.45, 7) is 0. The average Bonchev–Trinajstić information content (AvgIpc) is 3.45. The van der Waals surface area contributed by atoms with Crippen molar-refractivity contribution in [3.63, 3.8) is 0 Å². The zero-order valence-electron chi connectivity index (χ0n) is 21.3. The summed E-state index contributed by atoms with van der Waals surface area (Å²) in [5, 5.41) is 11.1. The van der Waals surface area contributed by atoms with E-state index in [1.807, 2.05) is 0 Å². The monoisotopic (exact) mass is 718 g/mol. The Balaban J connectivity index is 0.000000213. The first-order valence-electron chi connectivity index (χ1n) is 11.0. The molecule has 2 N–H and O–H groups in total. The van der Waals surface area contributed by atoms with Gasteiger partial charge in [0, 0.05) is 14.1 Å². The maximum Gasteiger partial charge on any atom is 0.476 e. The third kappa shape index (κ3) is 5.49. The van der Waals surface area contributed by atoms with Gasteiger partial charge in [0.25, 0.3) is 22.2 Å². The lowest BCUT2D eigenvalue weighted by atomic mass is 10.2. The minimum absolute atomic E-state index is 0.239. The van der Waals surface area contributed by atoms with Gasteiger partial charge in [-0.1, -0.05) is 23.2 Å². The van der Waals surface area contributed by atoms with Crippen LogP contribution >= 0.6 is 45.9 Å². The van der Waals surface area contributed by atoms with E-state index in [1.165, 1.54) is 20.2 Å². The van der Waals surface area contributed by atoms with E-state index in [0.29, 0.717) is 16.8 Å². The highest BCUT2D eigenvalue weighted by molar-refractivity contribution is 7.86. The smallest absolute Gasteiger partial charge is 0.383 e. The lowest BCUT2D eigenvalue weighted by Gasteiger charge is -2.13. The van der Waals surface area contributed by atoms with E-state index in [2.05, 4.69) is 5.10 Å². The van der Waals surface area contributed by atoms with Crippen LogP contribution in [0.1, 0.15) is 11.3 Å². The minimum Gasteiger partial charge on any atom is -0.383 e. The zero-order chi connectivity index (χ0) is 33.2. The predicted molar refractivity (Wildman–Crippen MR) is 152 cm³/mol. The fourth-order valence-electron chi connectivity index (χ4n) is 3.64. The molecule has 0 fully saturated rings. The third-order valence-corrected chi connectivity index (χ3v) is 10.1. The van der Waals surface area contributed by atoms with E-state index in [1.54, 1.807) is 0 Å². The highest BCUT2D eigenvalue weighted by atomic mass is 35.5. The zero-order valence-corrected chi connectivity index (χ0v) is 25.2. The van der Waals surface area contributed by atoms with Crippen LogP contribution in [0.5, 0.6) is 0 Å². The molecule has 0 aliphatic rings. The molecule has 4 heterocycles. The maximum atomic E-state index is 12.7. The summed E-state index contributed by atoms with van der Waals surface area (Å²) >= 11 is 13.3. The fourth-order valence-corrected chi connectivity index (χ4v) is 7.58. The Morgan fingerprint density at radius 2 is 1.25 bits per heavy atom. The number of anilines is 1. The second-order valence-corrected chi connectivity index (χ2v) is 12.7. The summed E-state index contributed by atoms with van der Waals surface area (Å²) in [4.78, 5) is 46.0. The van der Waals surface area contributed by atoms with Gasteiger partial charge in [0.2, 0.25) is 0 Å². The number of nitrogens with zero attached hydrogens (tertiary/aromatic N) is 5. The maximum absolute atomic E-state index is 12.7. The Morgan fingerprint density at radius 3 is 1.57 bits per heavy atom. The molecule has 44 heavy (non-hydrogen) atoms. The molecule has 1 unspecified atom stereocenters. The van der Waals surface area contributed by atoms with E-state index in [-0.39, 0.29) is 18.8 Å². The summed E-state index contributed by atoms with van der Waals surface area (Å²) in [5.74, 6) is -0.902. The molecule has 0 saturated heterocycles. The largest absolute Gasteiger partial charge is 0.476 e. The number of hydrogen-bond acceptors (Lipinski definition) is 10. The van der Waals surface area contributed by atoms with E-state index in [0.717, 1.165) is 31.8 Å². The van der Waals surface area contributed by atoms with E-state index < -0.39 is 82.4 Å². The number of halogens is 8. The lowest BCUT2D eigenvalue weighted by molar-refractivity contribution is -0.137. The first kappa shape index (κ1) is 33.1. The molecule has 0 amide bonds. The highest BCUT2D eigenvalue weighted by Crippen LogP contribution is 2.40. The molecule has 4 aromatic heterocycles. The number of fused-ring (bicyclic) bond motifs is 2. The molecule has 0 aliphatic heterocycles. The van der Waals surface area contributed by atoms with Crippen molar-refractivity contribution in [3.8, 4) is 11.8 Å². The fraction of sp³-hybridized carbons (Fsp3) is 0.182. The van der Waals surface area contributed by atoms with Gasteiger partial charge in [-0.15, -0.1) is 22.7 Å². The van der Waals surface area contributed by atoms with Gasteiger partial charge in [-0.25, -0.2) is 8.89 Å². The summed E-state index contributed by atoms with van der Waals surface area (Å²) in [7, 11) is -0.945. The van der Waals surface area contributed by atoms with E-state index >= 15 is 0 Å². The lowest BCUT2D eigenvalue weighted by Crippen LogP contribution is -2.21. The van der Waals surface area contributed by atoms with Gasteiger partial charge in [-0.05, 0) is 12.1 Å². The van der Waals surface area contributed by atoms with Gasteiger partial charge in [0.15, 0.2) is 16.5 Å². The number of nitrogens with two attached hydrogens (primary N) is 1. The Labute approximate surface area is 258 Å². The van der Waals surface area contributed by atoms with Gasteiger partial charge in [-0.3, -0.25) is 28.3 Å². The number of hydrogen-bond donors (Lipinski definition) is 1. The SMILES string of the molecule is Cn1c(=O)c2sc3c(=O)n(C)c(=O)c3sc2c1=O.N#Cc1nn(-c2c(Cl)cc(C(F)(F)F)cc2Cl)c(N)c1S(=O)C(F)(F)F. The second kappa shape index (κ2) is 11.3. The molecule has 0 aliphatic carbocycles. The number of rotatable bonds is 2. The van der Waals surface area contributed by atoms with Crippen molar-refractivity contribution in [2.24, 2.45) is 14.1 Å². The van der Waals surface area contributed by atoms with Gasteiger partial charge in [0.05, 0.1) is 15.6 Å². The van der Waals surface area contributed by atoms with Crippen molar-refractivity contribution in [3.05, 3.63) is 74.9 Å². The molecule has 5 aromatic rings. The molecule has 232 valence electrons. The number of nitrogen functional groups attached to an aromatic ring is 1. The van der Waals surface area contributed by atoms with Crippen LogP contribution in [-0.2, 0) is 31.1 Å². The van der Waals surface area contributed by atoms with Crippen LogP contribution in [0.15, 0.2) is 36.2 Å². The molecule has 22 heteroatoms. The molecule has 11 nitrogen and oxygen atoms in total. The number of aromatic nitrogens is 4. The van der Waals surface area contributed by atoms with Gasteiger partial charge < -0.3 is 5.73 Å². The molecular formula is C22H10Cl2F6N6O5S3. The molecule has 0 saturated carbocycles. The van der Waals surface area contributed by atoms with E-state index in [9.17, 15) is 49.7 Å². The summed E-state index contributed by atoms with van der Waals surface area (Å²) in [5.41, 5.74) is -4.11. The van der Waals surface area contributed by atoms with Crippen LogP contribution in [0.4, 0.5) is 32.2 Å². The van der Waals surface area contributed by atoms with Crippen molar-refractivity contribution in [1.82, 2.24) is 18.9 Å². The number of benzene rings is 1. The van der Waals surface area contributed by atoms with Crippen molar-refractivity contribution in [2.75, 3.05) is 5.73 Å². The Kier molecular flexibility index (Phi) is 8.51. The average molecular weight is 719 g/mol. The van der Waals surface area contributed by atoms with Crippen molar-refractivity contribution in [2.45, 2.75) is 16.6 Å². The summed E-state index contributed by atoms with van der Waals surface area (Å²) in [6.07, 6.45) is -4.79. The van der Waals surface area contributed by atoms with Crippen LogP contribution in [0.3, 0.4) is 0 Å². The first-order chi connectivity index (χ1) is 20.2. The van der Waals surface area contributed by atoms with Crippen LogP contribution in [0.25, 0.3) is 24.5 Å². The predicted octanol–water partition coefficient (Wildman–Crippen LogP) is 3.95. The number of alkyl halides is 6. The van der Waals surface area contributed by atoms with Crippen LogP contribution < -0.4 is 28.0 Å². The van der Waals surface area contributed by atoms with Crippen LogP contribution in [0.2, 0.25) is 10.0 Å². The molecule has 5 rings (SSSR count). The molecule has 1 atom stereocenters. The first-order valence-corrected chi connectivity index (χ1v) is 14.6. The Hall–Kier alpha value is -3.77. The number of nitriles is 1. The molecule has 0 bridgehead atoms. The quantitative estimate of drug-likeness (QED) is 0.268. The van der Waals surface area contributed by atoms with Gasteiger partial charge >= 0.3 is 11.7 Å².